The Morgan fingerprint density at radius 3 is 1.91 bits per heavy atom. The SMILES string of the molecule is ClC1C(Cl)[C@]2(Cl)C3C([C@@H]4C[C@H]3c3c4c(-c4ccccc4)nn3-c3ccccc3)[C@@]1(Cl)C2(Cl)Cl. The van der Waals surface area contributed by atoms with Crippen LogP contribution in [0.15, 0.2) is 60.7 Å². The van der Waals surface area contributed by atoms with Crippen LogP contribution in [0.3, 0.4) is 0 Å². The molecule has 0 N–H and O–H groups in total. The molecule has 1 aromatic heterocycles. The van der Waals surface area contributed by atoms with Crippen LogP contribution < -0.4 is 0 Å². The topological polar surface area (TPSA) is 17.8 Å². The number of benzene rings is 2. The molecule has 33 heavy (non-hydrogen) atoms. The monoisotopic (exact) mass is 556 g/mol. The maximum absolute atomic E-state index is 7.32. The first-order valence-corrected chi connectivity index (χ1v) is 13.4. The van der Waals surface area contributed by atoms with Crippen molar-refractivity contribution in [1.29, 1.82) is 0 Å². The zero-order chi connectivity index (χ0) is 22.9. The molecule has 0 spiro atoms. The fourth-order valence-electron chi connectivity index (χ4n) is 7.35. The molecule has 0 saturated heterocycles. The van der Waals surface area contributed by atoms with Crippen molar-refractivity contribution in [3.63, 3.8) is 0 Å². The van der Waals surface area contributed by atoms with Crippen LogP contribution in [0.4, 0.5) is 0 Å². The minimum Gasteiger partial charge on any atom is -0.237 e. The van der Waals surface area contributed by atoms with Gasteiger partial charge in [0.25, 0.3) is 0 Å². The van der Waals surface area contributed by atoms with Gasteiger partial charge in [0.1, 0.15) is 9.75 Å². The van der Waals surface area contributed by atoms with Crippen molar-refractivity contribution < 1.29 is 0 Å². The van der Waals surface area contributed by atoms with E-state index in [9.17, 15) is 0 Å². The highest BCUT2D eigenvalue weighted by atomic mass is 35.5. The predicted octanol–water partition coefficient (Wildman–Crippen LogP) is 7.73. The molecular weight excluding hydrogens is 541 g/mol. The summed E-state index contributed by atoms with van der Waals surface area (Å²) in [6, 6.07) is 20.4. The van der Waals surface area contributed by atoms with E-state index in [1.807, 2.05) is 36.4 Å². The van der Waals surface area contributed by atoms with Crippen molar-refractivity contribution in [3.8, 4) is 16.9 Å². The zero-order valence-corrected chi connectivity index (χ0v) is 21.6. The van der Waals surface area contributed by atoms with Gasteiger partial charge < -0.3 is 0 Å². The highest BCUT2D eigenvalue weighted by Gasteiger charge is 2.89. The summed E-state index contributed by atoms with van der Waals surface area (Å²) in [5.41, 5.74) is 5.42. The van der Waals surface area contributed by atoms with Gasteiger partial charge in [0.15, 0.2) is 4.33 Å². The summed E-state index contributed by atoms with van der Waals surface area (Å²) in [6.07, 6.45) is 0.912. The Labute approximate surface area is 222 Å². The molecule has 2 nitrogen and oxygen atoms in total. The van der Waals surface area contributed by atoms with Crippen molar-refractivity contribution in [2.45, 2.75) is 43.1 Å². The summed E-state index contributed by atoms with van der Waals surface area (Å²) < 4.78 is 0.618. The van der Waals surface area contributed by atoms with Crippen LogP contribution in [0, 0.1) is 11.8 Å². The third-order valence-electron chi connectivity index (χ3n) is 8.48. The highest BCUT2D eigenvalue weighted by molar-refractivity contribution is 6.62. The van der Waals surface area contributed by atoms with Crippen LogP contribution in [0.25, 0.3) is 16.9 Å². The first-order valence-electron chi connectivity index (χ1n) is 11.0. The summed E-state index contributed by atoms with van der Waals surface area (Å²) in [7, 11) is 0. The van der Waals surface area contributed by atoms with E-state index in [1.165, 1.54) is 11.3 Å². The Balaban J connectivity index is 1.50. The van der Waals surface area contributed by atoms with E-state index in [0.717, 1.165) is 23.4 Å². The summed E-state index contributed by atoms with van der Waals surface area (Å²) >= 11 is 42.3. The van der Waals surface area contributed by atoms with Crippen LogP contribution >= 0.6 is 69.6 Å². The number of aromatic nitrogens is 2. The van der Waals surface area contributed by atoms with Crippen molar-refractivity contribution in [2.24, 2.45) is 11.8 Å². The van der Waals surface area contributed by atoms with Gasteiger partial charge in [-0.15, -0.1) is 46.4 Å². The smallest absolute Gasteiger partial charge is 0.159 e. The lowest BCUT2D eigenvalue weighted by molar-refractivity contribution is 0.248. The molecule has 4 aliphatic rings. The van der Waals surface area contributed by atoms with Crippen molar-refractivity contribution >= 4 is 69.6 Å². The predicted molar refractivity (Wildman–Crippen MR) is 137 cm³/mol. The molecule has 2 aromatic carbocycles. The van der Waals surface area contributed by atoms with Crippen LogP contribution in [0.1, 0.15) is 29.5 Å². The summed E-state index contributed by atoms with van der Waals surface area (Å²) in [5.74, 6) is 0.00525. The molecule has 170 valence electrons. The Bertz CT molecular complexity index is 1180. The van der Waals surface area contributed by atoms with Gasteiger partial charge in [-0.1, -0.05) is 71.7 Å². The third kappa shape index (κ3) is 2.27. The van der Waals surface area contributed by atoms with Crippen molar-refractivity contribution in [2.75, 3.05) is 0 Å². The molecule has 3 fully saturated rings. The molecule has 4 unspecified atom stereocenters. The quantitative estimate of drug-likeness (QED) is 0.232. The minimum absolute atomic E-state index is 0.0839. The maximum atomic E-state index is 7.32. The lowest BCUT2D eigenvalue weighted by atomic mass is 9.69. The zero-order valence-electron chi connectivity index (χ0n) is 17.1. The van der Waals surface area contributed by atoms with Crippen LogP contribution in [0.5, 0.6) is 0 Å². The van der Waals surface area contributed by atoms with Gasteiger partial charge in [0, 0.05) is 17.0 Å². The van der Waals surface area contributed by atoms with Gasteiger partial charge >= 0.3 is 0 Å². The molecule has 8 atom stereocenters. The maximum Gasteiger partial charge on any atom is 0.159 e. The third-order valence-corrected chi connectivity index (χ3v) is 13.2. The number of fused-ring (bicyclic) bond motifs is 12. The highest BCUT2D eigenvalue weighted by Crippen LogP contribution is 2.84. The molecule has 0 amide bonds. The molecule has 4 aliphatic carbocycles. The van der Waals surface area contributed by atoms with Gasteiger partial charge in [-0.05, 0) is 36.3 Å². The molecule has 8 heteroatoms. The van der Waals surface area contributed by atoms with E-state index in [2.05, 4.69) is 28.9 Å². The van der Waals surface area contributed by atoms with E-state index >= 15 is 0 Å². The van der Waals surface area contributed by atoms with Crippen molar-refractivity contribution in [1.82, 2.24) is 9.78 Å². The summed E-state index contributed by atoms with van der Waals surface area (Å²) in [4.78, 5) is -2.26. The van der Waals surface area contributed by atoms with E-state index < -0.39 is 24.8 Å². The minimum atomic E-state index is -1.45. The second-order valence-electron chi connectivity index (χ2n) is 9.68. The van der Waals surface area contributed by atoms with Gasteiger partial charge in [-0.2, -0.15) is 5.10 Å². The number of hydrogen-bond donors (Lipinski definition) is 0. The molecular formula is C25H18Cl6N2. The van der Waals surface area contributed by atoms with Crippen LogP contribution in [-0.4, -0.2) is 34.6 Å². The number of alkyl halides is 6. The fourth-order valence-corrected chi connectivity index (χ4v) is 10.9. The Morgan fingerprint density at radius 2 is 1.30 bits per heavy atom. The lowest BCUT2D eigenvalue weighted by Gasteiger charge is -2.44. The fraction of sp³-hybridized carbons (Fsp3) is 0.400. The molecule has 4 bridgehead atoms. The Kier molecular flexibility index (Phi) is 4.45. The number of nitrogens with zero attached hydrogens (tertiary/aromatic N) is 2. The number of rotatable bonds is 2. The number of halogens is 6. The Hall–Kier alpha value is -0.610. The van der Waals surface area contributed by atoms with Crippen molar-refractivity contribution in [3.05, 3.63) is 71.9 Å². The largest absolute Gasteiger partial charge is 0.237 e. The second kappa shape index (κ2) is 6.78. The first-order chi connectivity index (χ1) is 15.7. The summed E-state index contributed by atoms with van der Waals surface area (Å²) in [5, 5.41) is 3.85. The van der Waals surface area contributed by atoms with Gasteiger partial charge in [-0.3, -0.25) is 0 Å². The first kappa shape index (κ1) is 21.7. The van der Waals surface area contributed by atoms with E-state index in [-0.39, 0.29) is 23.7 Å². The Morgan fingerprint density at radius 1 is 0.758 bits per heavy atom. The average molecular weight is 559 g/mol. The number of para-hydroxylation sites is 1. The van der Waals surface area contributed by atoms with Gasteiger partial charge in [0.05, 0.1) is 27.8 Å². The molecule has 3 saturated carbocycles. The summed E-state index contributed by atoms with van der Waals surface area (Å²) in [6.45, 7) is 0. The molecule has 7 rings (SSSR count). The van der Waals surface area contributed by atoms with E-state index in [1.54, 1.807) is 0 Å². The molecule has 0 radical (unpaired) electrons. The molecule has 0 aliphatic heterocycles. The standard InChI is InChI=1S/C25H18Cl6N2/c26-21-22(27)24(29)18-15-11-14(17(18)23(21,28)25(24,30)31)16-19(12-7-3-1-4-8-12)32-33(20(15)16)13-9-5-2-6-10-13/h1-10,14-15,17-18,21-22H,11H2/t14-,15-,17?,18?,21?,22?,23+,24-/m1/s1. The molecule has 1 heterocycles. The van der Waals surface area contributed by atoms with E-state index in [4.69, 9.17) is 74.7 Å². The van der Waals surface area contributed by atoms with E-state index in [0.29, 0.717) is 0 Å². The van der Waals surface area contributed by atoms with Gasteiger partial charge in [0.2, 0.25) is 0 Å². The van der Waals surface area contributed by atoms with Crippen LogP contribution in [0.2, 0.25) is 0 Å². The number of hydrogen-bond acceptors (Lipinski definition) is 1. The average Bonchev–Trinajstić information content (AvgIpc) is 3.56. The molecule has 3 aromatic rings. The van der Waals surface area contributed by atoms with Gasteiger partial charge in [-0.25, -0.2) is 4.68 Å². The normalized spacial score (nSPS) is 41.4. The lowest BCUT2D eigenvalue weighted by Crippen LogP contribution is -2.51. The second-order valence-corrected chi connectivity index (χ2v) is 13.2. The van der Waals surface area contributed by atoms with Crippen LogP contribution in [-0.2, 0) is 0 Å².